The molecular weight excluding hydrogens is 224 g/mol. The third-order valence-electron chi connectivity index (χ3n) is 2.88. The number of halogens is 1. The van der Waals surface area contributed by atoms with Crippen molar-refractivity contribution in [3.05, 3.63) is 34.9 Å². The van der Waals surface area contributed by atoms with E-state index in [1.807, 2.05) is 31.2 Å². The number of nitrogens with one attached hydrogen (secondary N) is 2. The van der Waals surface area contributed by atoms with Crippen molar-refractivity contribution in [3.8, 4) is 0 Å². The number of hydrogen-bond acceptors (Lipinski definition) is 2. The lowest BCUT2D eigenvalue weighted by atomic mass is 10.0. The van der Waals surface area contributed by atoms with E-state index in [1.165, 1.54) is 0 Å². The fourth-order valence-electron chi connectivity index (χ4n) is 1.64. The molecule has 4 heteroatoms. The maximum Gasteiger partial charge on any atom is 0.226 e. The van der Waals surface area contributed by atoms with Crippen molar-refractivity contribution in [1.82, 2.24) is 10.6 Å². The summed E-state index contributed by atoms with van der Waals surface area (Å²) in [6.45, 7) is 3.56. The minimum absolute atomic E-state index is 0.0327. The van der Waals surface area contributed by atoms with Gasteiger partial charge in [0, 0.05) is 18.1 Å². The monoisotopic (exact) mass is 238 g/mol. The second-order valence-corrected chi connectivity index (χ2v) is 4.57. The van der Waals surface area contributed by atoms with Crippen molar-refractivity contribution in [2.45, 2.75) is 13.0 Å². The molecule has 1 aliphatic heterocycles. The number of hydrogen-bond donors (Lipinski definition) is 2. The van der Waals surface area contributed by atoms with Gasteiger partial charge in [0.1, 0.15) is 0 Å². The Hall–Kier alpha value is -1.06. The van der Waals surface area contributed by atoms with Crippen LogP contribution in [-0.2, 0) is 4.79 Å². The first-order chi connectivity index (χ1) is 7.66. The smallest absolute Gasteiger partial charge is 0.226 e. The van der Waals surface area contributed by atoms with Gasteiger partial charge in [-0.1, -0.05) is 23.7 Å². The van der Waals surface area contributed by atoms with Crippen LogP contribution in [-0.4, -0.2) is 19.0 Å². The van der Waals surface area contributed by atoms with Gasteiger partial charge in [-0.3, -0.25) is 4.79 Å². The van der Waals surface area contributed by atoms with Crippen molar-refractivity contribution in [2.75, 3.05) is 13.1 Å². The Kier molecular flexibility index (Phi) is 3.46. The van der Waals surface area contributed by atoms with E-state index in [9.17, 15) is 4.79 Å². The predicted octanol–water partition coefficient (Wildman–Crippen LogP) is 1.74. The largest absolute Gasteiger partial charge is 0.349 e. The highest BCUT2D eigenvalue weighted by atomic mass is 35.5. The molecule has 2 rings (SSSR count). The molecule has 3 nitrogen and oxygen atoms in total. The molecule has 1 fully saturated rings. The third kappa shape index (κ3) is 2.54. The van der Waals surface area contributed by atoms with Crippen LogP contribution in [0.25, 0.3) is 0 Å². The molecule has 1 saturated heterocycles. The van der Waals surface area contributed by atoms with Gasteiger partial charge in [0.05, 0.1) is 12.0 Å². The second kappa shape index (κ2) is 4.85. The molecule has 16 heavy (non-hydrogen) atoms. The molecule has 1 aromatic carbocycles. The number of amides is 1. The molecule has 1 heterocycles. The average Bonchev–Trinajstić information content (AvgIpc) is 2.15. The first kappa shape index (κ1) is 11.4. The van der Waals surface area contributed by atoms with E-state index in [-0.39, 0.29) is 17.9 Å². The topological polar surface area (TPSA) is 41.1 Å². The van der Waals surface area contributed by atoms with E-state index in [4.69, 9.17) is 11.6 Å². The molecule has 1 unspecified atom stereocenters. The minimum atomic E-state index is 0.0327. The van der Waals surface area contributed by atoms with Crippen LogP contribution in [0.15, 0.2) is 24.3 Å². The first-order valence-electron chi connectivity index (χ1n) is 5.43. The highest BCUT2D eigenvalue weighted by Gasteiger charge is 2.25. The van der Waals surface area contributed by atoms with Crippen molar-refractivity contribution in [3.63, 3.8) is 0 Å². The Morgan fingerprint density at radius 3 is 2.56 bits per heavy atom. The molecule has 1 amide bonds. The Bertz CT molecular complexity index is 373. The zero-order valence-corrected chi connectivity index (χ0v) is 9.92. The minimum Gasteiger partial charge on any atom is -0.349 e. The maximum absolute atomic E-state index is 11.7. The Morgan fingerprint density at radius 1 is 1.44 bits per heavy atom. The lowest BCUT2D eigenvalue weighted by Crippen LogP contribution is -2.51. The molecule has 0 bridgehead atoms. The van der Waals surface area contributed by atoms with E-state index in [0.29, 0.717) is 5.02 Å². The number of rotatable bonds is 3. The number of carbonyl (C=O) groups is 1. The van der Waals surface area contributed by atoms with Gasteiger partial charge < -0.3 is 10.6 Å². The summed E-state index contributed by atoms with van der Waals surface area (Å²) in [7, 11) is 0. The fourth-order valence-corrected chi connectivity index (χ4v) is 1.77. The lowest BCUT2D eigenvalue weighted by Gasteiger charge is -2.27. The third-order valence-corrected chi connectivity index (χ3v) is 3.13. The lowest BCUT2D eigenvalue weighted by molar-refractivity contribution is -0.127. The van der Waals surface area contributed by atoms with Crippen LogP contribution in [0.5, 0.6) is 0 Å². The highest BCUT2D eigenvalue weighted by Crippen LogP contribution is 2.16. The molecule has 0 aliphatic carbocycles. The van der Waals surface area contributed by atoms with Gasteiger partial charge in [0.15, 0.2) is 0 Å². The molecule has 86 valence electrons. The second-order valence-electron chi connectivity index (χ2n) is 4.14. The average molecular weight is 239 g/mol. The molecule has 1 aromatic rings. The summed E-state index contributed by atoms with van der Waals surface area (Å²) in [5.74, 6) is 0.260. The molecule has 0 saturated carbocycles. The van der Waals surface area contributed by atoms with Crippen molar-refractivity contribution < 1.29 is 4.79 Å². The van der Waals surface area contributed by atoms with Gasteiger partial charge in [-0.15, -0.1) is 0 Å². The quantitative estimate of drug-likeness (QED) is 0.842. The van der Waals surface area contributed by atoms with Crippen LogP contribution in [0.1, 0.15) is 18.5 Å². The Morgan fingerprint density at radius 2 is 2.06 bits per heavy atom. The first-order valence-corrected chi connectivity index (χ1v) is 5.81. The van der Waals surface area contributed by atoms with Gasteiger partial charge >= 0.3 is 0 Å². The molecule has 2 N–H and O–H groups in total. The van der Waals surface area contributed by atoms with Crippen LogP contribution in [0.3, 0.4) is 0 Å². The van der Waals surface area contributed by atoms with Gasteiger partial charge in [0.25, 0.3) is 0 Å². The number of benzene rings is 1. The van der Waals surface area contributed by atoms with Crippen LogP contribution < -0.4 is 10.6 Å². The molecule has 1 atom stereocenters. The normalized spacial score (nSPS) is 17.6. The fraction of sp³-hybridized carbons (Fsp3) is 0.417. The number of carbonyl (C=O) groups excluding carboxylic acids is 1. The summed E-state index contributed by atoms with van der Waals surface area (Å²) >= 11 is 5.81. The van der Waals surface area contributed by atoms with E-state index >= 15 is 0 Å². The van der Waals surface area contributed by atoms with Crippen molar-refractivity contribution >= 4 is 17.5 Å². The van der Waals surface area contributed by atoms with E-state index in [1.54, 1.807) is 0 Å². The van der Waals surface area contributed by atoms with E-state index in [2.05, 4.69) is 10.6 Å². The van der Waals surface area contributed by atoms with Gasteiger partial charge in [-0.05, 0) is 24.6 Å². The molecular formula is C12H15ClN2O. The van der Waals surface area contributed by atoms with Crippen molar-refractivity contribution in [1.29, 1.82) is 0 Å². The Labute approximate surface area is 100 Å². The summed E-state index contributed by atoms with van der Waals surface area (Å²) in [4.78, 5) is 11.7. The van der Waals surface area contributed by atoms with Crippen LogP contribution in [0, 0.1) is 5.92 Å². The van der Waals surface area contributed by atoms with E-state index < -0.39 is 0 Å². The van der Waals surface area contributed by atoms with Gasteiger partial charge in [-0.2, -0.15) is 0 Å². The summed E-state index contributed by atoms with van der Waals surface area (Å²) in [5.41, 5.74) is 1.07. The molecule has 0 aromatic heterocycles. The maximum atomic E-state index is 11.7. The molecule has 1 aliphatic rings. The molecule has 0 radical (unpaired) electrons. The van der Waals surface area contributed by atoms with Gasteiger partial charge in [0.2, 0.25) is 5.91 Å². The van der Waals surface area contributed by atoms with Crippen LogP contribution >= 0.6 is 11.6 Å². The highest BCUT2D eigenvalue weighted by molar-refractivity contribution is 6.30. The van der Waals surface area contributed by atoms with Gasteiger partial charge in [-0.25, -0.2) is 0 Å². The molecule has 0 spiro atoms. The Balaban J connectivity index is 1.94. The zero-order chi connectivity index (χ0) is 11.5. The van der Waals surface area contributed by atoms with Crippen LogP contribution in [0.2, 0.25) is 5.02 Å². The zero-order valence-electron chi connectivity index (χ0n) is 9.16. The van der Waals surface area contributed by atoms with Crippen LogP contribution in [0.4, 0.5) is 0 Å². The van der Waals surface area contributed by atoms with Crippen molar-refractivity contribution in [2.24, 2.45) is 5.92 Å². The summed E-state index contributed by atoms with van der Waals surface area (Å²) in [6, 6.07) is 7.58. The summed E-state index contributed by atoms with van der Waals surface area (Å²) in [5, 5.41) is 6.79. The summed E-state index contributed by atoms with van der Waals surface area (Å²) in [6.07, 6.45) is 0. The van der Waals surface area contributed by atoms with E-state index in [0.717, 1.165) is 18.7 Å². The SMILES string of the molecule is CC(NC(=O)C1CNC1)c1ccc(Cl)cc1. The summed E-state index contributed by atoms with van der Waals surface area (Å²) < 4.78 is 0. The predicted molar refractivity (Wildman–Crippen MR) is 64.4 cm³/mol. The standard InChI is InChI=1S/C12H15ClN2O/c1-8(9-2-4-11(13)5-3-9)15-12(16)10-6-14-7-10/h2-5,8,10,14H,6-7H2,1H3,(H,15,16).